The standard InChI is InChI=1S/C14H19NO5/c1-3-4-14(18)20-9-13(17)15-8-10-5-6-11(16)12(7-10)19-2/h5-7,16H,3-4,8-9H2,1-2H3,(H,15,17). The minimum Gasteiger partial charge on any atom is -0.504 e. The van der Waals surface area contributed by atoms with Gasteiger partial charge in [0.25, 0.3) is 5.91 Å². The van der Waals surface area contributed by atoms with Crippen LogP contribution in [0.5, 0.6) is 11.5 Å². The molecule has 110 valence electrons. The average molecular weight is 281 g/mol. The molecule has 0 atom stereocenters. The maximum absolute atomic E-state index is 11.5. The molecule has 0 fully saturated rings. The third-order valence-corrected chi connectivity index (χ3v) is 2.55. The molecule has 0 saturated heterocycles. The fourth-order valence-electron chi connectivity index (χ4n) is 1.51. The van der Waals surface area contributed by atoms with Crippen LogP contribution in [0.15, 0.2) is 18.2 Å². The van der Waals surface area contributed by atoms with Gasteiger partial charge in [0.1, 0.15) is 0 Å². The lowest BCUT2D eigenvalue weighted by Crippen LogP contribution is -2.28. The van der Waals surface area contributed by atoms with Gasteiger partial charge in [-0.25, -0.2) is 0 Å². The Morgan fingerprint density at radius 1 is 1.35 bits per heavy atom. The van der Waals surface area contributed by atoms with Crippen molar-refractivity contribution in [2.45, 2.75) is 26.3 Å². The number of phenolic OH excluding ortho intramolecular Hbond substituents is 1. The number of hydrogen-bond acceptors (Lipinski definition) is 5. The van der Waals surface area contributed by atoms with E-state index in [4.69, 9.17) is 9.47 Å². The summed E-state index contributed by atoms with van der Waals surface area (Å²) in [6.07, 6.45) is 0.996. The molecule has 0 heterocycles. The van der Waals surface area contributed by atoms with Crippen LogP contribution in [0.2, 0.25) is 0 Å². The number of ether oxygens (including phenoxy) is 2. The Morgan fingerprint density at radius 3 is 2.75 bits per heavy atom. The summed E-state index contributed by atoms with van der Waals surface area (Å²) in [5, 5.41) is 12.1. The van der Waals surface area contributed by atoms with Crippen molar-refractivity contribution in [3.05, 3.63) is 23.8 Å². The molecule has 0 aliphatic rings. The zero-order valence-corrected chi connectivity index (χ0v) is 11.6. The van der Waals surface area contributed by atoms with Crippen LogP contribution in [0.4, 0.5) is 0 Å². The maximum Gasteiger partial charge on any atom is 0.306 e. The van der Waals surface area contributed by atoms with Gasteiger partial charge in [-0.05, 0) is 24.1 Å². The molecule has 0 bridgehead atoms. The van der Waals surface area contributed by atoms with Crippen LogP contribution >= 0.6 is 0 Å². The Balaban J connectivity index is 2.39. The van der Waals surface area contributed by atoms with Gasteiger partial charge in [-0.1, -0.05) is 13.0 Å². The SMILES string of the molecule is CCCC(=O)OCC(=O)NCc1ccc(O)c(OC)c1. The molecule has 0 saturated carbocycles. The van der Waals surface area contributed by atoms with Gasteiger partial charge in [0.2, 0.25) is 0 Å². The molecule has 1 aromatic rings. The van der Waals surface area contributed by atoms with E-state index >= 15 is 0 Å². The number of amides is 1. The van der Waals surface area contributed by atoms with Gasteiger partial charge in [0.05, 0.1) is 7.11 Å². The van der Waals surface area contributed by atoms with Crippen molar-refractivity contribution in [1.82, 2.24) is 5.32 Å². The van der Waals surface area contributed by atoms with Crippen molar-refractivity contribution in [1.29, 1.82) is 0 Å². The Labute approximate surface area is 117 Å². The van der Waals surface area contributed by atoms with Crippen LogP contribution < -0.4 is 10.1 Å². The summed E-state index contributed by atoms with van der Waals surface area (Å²) in [5.74, 6) is -0.377. The number of carbonyl (C=O) groups is 2. The Kier molecular flexibility index (Phi) is 6.36. The Bertz CT molecular complexity index is 473. The highest BCUT2D eigenvalue weighted by Gasteiger charge is 2.07. The fraction of sp³-hybridized carbons (Fsp3) is 0.429. The normalized spacial score (nSPS) is 9.90. The first-order valence-corrected chi connectivity index (χ1v) is 6.35. The van der Waals surface area contributed by atoms with Crippen LogP contribution in [-0.2, 0) is 20.9 Å². The van der Waals surface area contributed by atoms with Crippen LogP contribution in [0, 0.1) is 0 Å². The molecule has 6 nitrogen and oxygen atoms in total. The third kappa shape index (κ3) is 5.17. The summed E-state index contributed by atoms with van der Waals surface area (Å²) < 4.78 is 9.75. The lowest BCUT2D eigenvalue weighted by molar-refractivity contribution is -0.148. The highest BCUT2D eigenvalue weighted by atomic mass is 16.5. The summed E-state index contributed by atoms with van der Waals surface area (Å²) in [7, 11) is 1.45. The number of hydrogen-bond donors (Lipinski definition) is 2. The van der Waals surface area contributed by atoms with Crippen molar-refractivity contribution in [3.8, 4) is 11.5 Å². The van der Waals surface area contributed by atoms with E-state index < -0.39 is 0 Å². The van der Waals surface area contributed by atoms with Crippen molar-refractivity contribution in [3.63, 3.8) is 0 Å². The predicted molar refractivity (Wildman–Crippen MR) is 72.4 cm³/mol. The second-order valence-electron chi connectivity index (χ2n) is 4.19. The first-order valence-electron chi connectivity index (χ1n) is 6.35. The second kappa shape index (κ2) is 8.04. The van der Waals surface area contributed by atoms with Crippen molar-refractivity contribution in [2.75, 3.05) is 13.7 Å². The van der Waals surface area contributed by atoms with Gasteiger partial charge in [-0.15, -0.1) is 0 Å². The molecule has 0 aliphatic heterocycles. The van der Waals surface area contributed by atoms with Gasteiger partial charge in [-0.2, -0.15) is 0 Å². The number of aromatic hydroxyl groups is 1. The summed E-state index contributed by atoms with van der Waals surface area (Å²) >= 11 is 0. The van der Waals surface area contributed by atoms with E-state index in [9.17, 15) is 14.7 Å². The molecule has 1 rings (SSSR count). The van der Waals surface area contributed by atoms with Crippen molar-refractivity contribution in [2.24, 2.45) is 0 Å². The Morgan fingerprint density at radius 2 is 2.10 bits per heavy atom. The number of esters is 1. The van der Waals surface area contributed by atoms with Crippen molar-refractivity contribution >= 4 is 11.9 Å². The smallest absolute Gasteiger partial charge is 0.306 e. The summed E-state index contributed by atoms with van der Waals surface area (Å²) in [6.45, 7) is 1.84. The quantitative estimate of drug-likeness (QED) is 0.737. The van der Waals surface area contributed by atoms with Crippen LogP contribution in [0.3, 0.4) is 0 Å². The highest BCUT2D eigenvalue weighted by Crippen LogP contribution is 2.26. The molecular weight excluding hydrogens is 262 g/mol. The largest absolute Gasteiger partial charge is 0.504 e. The molecular formula is C14H19NO5. The molecule has 0 unspecified atom stereocenters. The first-order chi connectivity index (χ1) is 9.56. The number of nitrogens with one attached hydrogen (secondary N) is 1. The van der Waals surface area contributed by atoms with Gasteiger partial charge in [-0.3, -0.25) is 9.59 Å². The molecule has 1 aromatic carbocycles. The zero-order valence-electron chi connectivity index (χ0n) is 11.6. The van der Waals surface area contributed by atoms with E-state index in [1.807, 2.05) is 6.92 Å². The van der Waals surface area contributed by atoms with Crippen LogP contribution in [-0.4, -0.2) is 30.7 Å². The monoisotopic (exact) mass is 281 g/mol. The lowest BCUT2D eigenvalue weighted by atomic mass is 10.2. The zero-order chi connectivity index (χ0) is 15.0. The van der Waals surface area contributed by atoms with E-state index in [-0.39, 0.29) is 30.8 Å². The minimum absolute atomic E-state index is 0.0380. The average Bonchev–Trinajstić information content (AvgIpc) is 2.44. The summed E-state index contributed by atoms with van der Waals surface area (Å²) in [6, 6.07) is 4.78. The fourth-order valence-corrected chi connectivity index (χ4v) is 1.51. The van der Waals surface area contributed by atoms with Crippen molar-refractivity contribution < 1.29 is 24.2 Å². The number of carbonyl (C=O) groups excluding carboxylic acids is 2. The minimum atomic E-state index is -0.381. The molecule has 20 heavy (non-hydrogen) atoms. The van der Waals surface area contributed by atoms with E-state index in [1.165, 1.54) is 13.2 Å². The third-order valence-electron chi connectivity index (χ3n) is 2.55. The predicted octanol–water partition coefficient (Wildman–Crippen LogP) is 1.36. The molecule has 1 amide bonds. The Hall–Kier alpha value is -2.24. The number of methoxy groups -OCH3 is 1. The van der Waals surface area contributed by atoms with Crippen LogP contribution in [0.1, 0.15) is 25.3 Å². The van der Waals surface area contributed by atoms with E-state index in [1.54, 1.807) is 12.1 Å². The van der Waals surface area contributed by atoms with E-state index in [0.717, 1.165) is 5.56 Å². The van der Waals surface area contributed by atoms with E-state index in [2.05, 4.69) is 5.32 Å². The molecule has 2 N–H and O–H groups in total. The highest BCUT2D eigenvalue weighted by molar-refractivity contribution is 5.80. The maximum atomic E-state index is 11.5. The molecule has 0 aliphatic carbocycles. The number of benzene rings is 1. The molecule has 0 aromatic heterocycles. The topological polar surface area (TPSA) is 84.9 Å². The van der Waals surface area contributed by atoms with Gasteiger partial charge in [0.15, 0.2) is 18.1 Å². The van der Waals surface area contributed by atoms with E-state index in [0.29, 0.717) is 18.6 Å². The molecule has 0 spiro atoms. The number of rotatable bonds is 7. The summed E-state index contributed by atoms with van der Waals surface area (Å²) in [4.78, 5) is 22.6. The van der Waals surface area contributed by atoms with Gasteiger partial charge >= 0.3 is 5.97 Å². The van der Waals surface area contributed by atoms with Gasteiger partial charge < -0.3 is 19.9 Å². The van der Waals surface area contributed by atoms with Crippen LogP contribution in [0.25, 0.3) is 0 Å². The first kappa shape index (κ1) is 15.8. The summed E-state index contributed by atoms with van der Waals surface area (Å²) in [5.41, 5.74) is 0.771. The number of phenols is 1. The molecule has 6 heteroatoms. The lowest BCUT2D eigenvalue weighted by Gasteiger charge is -2.08. The second-order valence-corrected chi connectivity index (χ2v) is 4.19. The van der Waals surface area contributed by atoms with Gasteiger partial charge in [0, 0.05) is 13.0 Å². The molecule has 0 radical (unpaired) electrons.